The predicted molar refractivity (Wildman–Crippen MR) is 65.1 cm³/mol. The normalized spacial score (nSPS) is 10.7. The fourth-order valence-corrected chi connectivity index (χ4v) is 1.45. The molecule has 0 atom stereocenters. The second-order valence-corrected chi connectivity index (χ2v) is 4.22. The van der Waals surface area contributed by atoms with Gasteiger partial charge in [0.2, 0.25) is 0 Å². The molecule has 0 heterocycles. The molecule has 1 rings (SSSR count). The fourth-order valence-electron chi connectivity index (χ4n) is 1.07. The Balaban J connectivity index is 2.41. The van der Waals surface area contributed by atoms with Gasteiger partial charge in [0, 0.05) is 5.69 Å². The van der Waals surface area contributed by atoms with E-state index in [0.717, 1.165) is 10.2 Å². The molecule has 0 spiro atoms. The Bertz CT molecular complexity index is 315. The molecule has 84 valence electrons. The van der Waals surface area contributed by atoms with E-state index in [1.165, 1.54) is 0 Å². The molecule has 0 unspecified atom stereocenters. The minimum absolute atomic E-state index is 0.234. The number of benzene rings is 1. The lowest BCUT2D eigenvalue weighted by molar-refractivity contribution is 0.0551. The maximum absolute atomic E-state index is 5.71. The van der Waals surface area contributed by atoms with Gasteiger partial charge < -0.3 is 15.2 Å². The van der Waals surface area contributed by atoms with E-state index in [1.54, 1.807) is 0 Å². The van der Waals surface area contributed by atoms with E-state index in [1.807, 2.05) is 32.0 Å². The molecule has 0 fully saturated rings. The maximum atomic E-state index is 5.71. The number of nitrogens with two attached hydrogens (primary N) is 1. The average Bonchev–Trinajstić information content (AvgIpc) is 2.18. The Hall–Kier alpha value is -0.740. The first-order valence-corrected chi connectivity index (χ1v) is 5.69. The number of rotatable bonds is 5. The number of hydrogen-bond donors (Lipinski definition) is 1. The molecule has 0 saturated heterocycles. The largest absolute Gasteiger partial charge is 0.490 e. The Morgan fingerprint density at radius 3 is 2.73 bits per heavy atom. The van der Waals surface area contributed by atoms with E-state index in [9.17, 15) is 0 Å². The first kappa shape index (κ1) is 12.3. The van der Waals surface area contributed by atoms with Crippen LogP contribution in [0.4, 0.5) is 5.69 Å². The molecule has 0 aliphatic rings. The minimum atomic E-state index is 0.234. The number of anilines is 1. The summed E-state index contributed by atoms with van der Waals surface area (Å²) in [5, 5.41) is 0. The van der Waals surface area contributed by atoms with Gasteiger partial charge in [-0.1, -0.05) is 6.07 Å². The molecular formula is C11H16BrNO2. The van der Waals surface area contributed by atoms with Gasteiger partial charge in [-0.2, -0.15) is 0 Å². The Kier molecular flexibility index (Phi) is 4.91. The molecule has 2 N–H and O–H groups in total. The van der Waals surface area contributed by atoms with Gasteiger partial charge in [-0.05, 0) is 41.9 Å². The molecule has 15 heavy (non-hydrogen) atoms. The van der Waals surface area contributed by atoms with E-state index in [2.05, 4.69) is 15.9 Å². The highest BCUT2D eigenvalue weighted by atomic mass is 79.9. The summed E-state index contributed by atoms with van der Waals surface area (Å²) >= 11 is 3.37. The first-order chi connectivity index (χ1) is 7.11. The highest BCUT2D eigenvalue weighted by Crippen LogP contribution is 2.30. The van der Waals surface area contributed by atoms with Crippen LogP contribution in [0.1, 0.15) is 13.8 Å². The second-order valence-electron chi connectivity index (χ2n) is 3.43. The molecule has 0 bridgehead atoms. The van der Waals surface area contributed by atoms with Gasteiger partial charge in [0.25, 0.3) is 0 Å². The summed E-state index contributed by atoms with van der Waals surface area (Å²) in [4.78, 5) is 0. The molecule has 0 radical (unpaired) electrons. The Labute approximate surface area is 98.7 Å². The van der Waals surface area contributed by atoms with Crippen LogP contribution in [-0.2, 0) is 4.74 Å². The van der Waals surface area contributed by atoms with Crippen molar-refractivity contribution in [3.05, 3.63) is 22.7 Å². The van der Waals surface area contributed by atoms with Crippen molar-refractivity contribution < 1.29 is 9.47 Å². The number of ether oxygens (including phenoxy) is 2. The monoisotopic (exact) mass is 273 g/mol. The molecule has 1 aromatic carbocycles. The van der Waals surface area contributed by atoms with Gasteiger partial charge in [-0.3, -0.25) is 0 Å². The zero-order valence-electron chi connectivity index (χ0n) is 9.00. The molecule has 1 aromatic rings. The lowest BCUT2D eigenvalue weighted by Crippen LogP contribution is -2.11. The molecule has 4 heteroatoms. The molecule has 0 amide bonds. The number of halogens is 1. The maximum Gasteiger partial charge on any atom is 0.135 e. The smallest absolute Gasteiger partial charge is 0.135 e. The van der Waals surface area contributed by atoms with Crippen LogP contribution in [0.15, 0.2) is 22.7 Å². The fraction of sp³-hybridized carbons (Fsp3) is 0.455. The zero-order valence-corrected chi connectivity index (χ0v) is 10.6. The van der Waals surface area contributed by atoms with Gasteiger partial charge in [0.15, 0.2) is 0 Å². The summed E-state index contributed by atoms with van der Waals surface area (Å²) in [6.07, 6.45) is 0.234. The highest BCUT2D eigenvalue weighted by Gasteiger charge is 2.03. The second kappa shape index (κ2) is 5.98. The Morgan fingerprint density at radius 2 is 2.07 bits per heavy atom. The topological polar surface area (TPSA) is 44.5 Å². The summed E-state index contributed by atoms with van der Waals surface area (Å²) in [6.45, 7) is 5.10. The molecule has 0 aliphatic heterocycles. The highest BCUT2D eigenvalue weighted by molar-refractivity contribution is 9.10. The van der Waals surface area contributed by atoms with Crippen LogP contribution in [0.5, 0.6) is 5.75 Å². The average molecular weight is 274 g/mol. The van der Waals surface area contributed by atoms with Gasteiger partial charge in [0.1, 0.15) is 12.4 Å². The van der Waals surface area contributed by atoms with E-state index < -0.39 is 0 Å². The summed E-state index contributed by atoms with van der Waals surface area (Å²) in [5.74, 6) is 0.752. The van der Waals surface area contributed by atoms with Crippen molar-refractivity contribution in [1.82, 2.24) is 0 Å². The molecule has 0 aliphatic carbocycles. The lowest BCUT2D eigenvalue weighted by atomic mass is 10.3. The van der Waals surface area contributed by atoms with Gasteiger partial charge in [-0.25, -0.2) is 0 Å². The van der Waals surface area contributed by atoms with Crippen molar-refractivity contribution in [3.63, 3.8) is 0 Å². The van der Waals surface area contributed by atoms with Gasteiger partial charge in [0.05, 0.1) is 17.2 Å². The van der Waals surface area contributed by atoms with E-state index in [0.29, 0.717) is 18.9 Å². The van der Waals surface area contributed by atoms with Crippen LogP contribution in [0.25, 0.3) is 0 Å². The molecule has 0 saturated carbocycles. The van der Waals surface area contributed by atoms with Crippen molar-refractivity contribution in [2.45, 2.75) is 20.0 Å². The quantitative estimate of drug-likeness (QED) is 0.663. The first-order valence-electron chi connectivity index (χ1n) is 4.89. The molecular weight excluding hydrogens is 258 g/mol. The van der Waals surface area contributed by atoms with Crippen molar-refractivity contribution >= 4 is 21.6 Å². The molecule has 3 nitrogen and oxygen atoms in total. The molecule has 0 aromatic heterocycles. The van der Waals surface area contributed by atoms with E-state index in [4.69, 9.17) is 15.2 Å². The summed E-state index contributed by atoms with van der Waals surface area (Å²) in [6, 6.07) is 5.55. The standard InChI is InChI=1S/C11H16BrNO2/c1-8(2)14-6-7-15-10-5-3-4-9(13)11(10)12/h3-5,8H,6-7,13H2,1-2H3. The SMILES string of the molecule is CC(C)OCCOc1cccc(N)c1Br. The van der Waals surface area contributed by atoms with Crippen molar-refractivity contribution in [2.75, 3.05) is 18.9 Å². The third-order valence-corrected chi connectivity index (χ3v) is 2.63. The van der Waals surface area contributed by atoms with Crippen LogP contribution >= 0.6 is 15.9 Å². The van der Waals surface area contributed by atoms with Gasteiger partial charge >= 0.3 is 0 Å². The number of hydrogen-bond acceptors (Lipinski definition) is 3. The van der Waals surface area contributed by atoms with Crippen LogP contribution < -0.4 is 10.5 Å². The van der Waals surface area contributed by atoms with Crippen LogP contribution in [-0.4, -0.2) is 19.3 Å². The van der Waals surface area contributed by atoms with Crippen molar-refractivity contribution in [2.24, 2.45) is 0 Å². The third kappa shape index (κ3) is 4.10. The summed E-state index contributed by atoms with van der Waals surface area (Å²) in [5.41, 5.74) is 6.39. The number of nitrogen functional groups attached to an aromatic ring is 1. The lowest BCUT2D eigenvalue weighted by Gasteiger charge is -2.11. The van der Waals surface area contributed by atoms with Gasteiger partial charge in [-0.15, -0.1) is 0 Å². The van der Waals surface area contributed by atoms with Crippen molar-refractivity contribution in [1.29, 1.82) is 0 Å². The van der Waals surface area contributed by atoms with E-state index in [-0.39, 0.29) is 6.10 Å². The third-order valence-electron chi connectivity index (χ3n) is 1.79. The zero-order chi connectivity index (χ0) is 11.3. The van der Waals surface area contributed by atoms with Crippen molar-refractivity contribution in [3.8, 4) is 5.75 Å². The summed E-state index contributed by atoms with van der Waals surface area (Å²) < 4.78 is 11.7. The summed E-state index contributed by atoms with van der Waals surface area (Å²) in [7, 11) is 0. The van der Waals surface area contributed by atoms with E-state index >= 15 is 0 Å². The minimum Gasteiger partial charge on any atom is -0.490 e. The van der Waals surface area contributed by atoms with Crippen LogP contribution in [0, 0.1) is 0 Å². The van der Waals surface area contributed by atoms with Crippen LogP contribution in [0.3, 0.4) is 0 Å². The van der Waals surface area contributed by atoms with Crippen LogP contribution in [0.2, 0.25) is 0 Å². The predicted octanol–water partition coefficient (Wildman–Crippen LogP) is 2.84. The Morgan fingerprint density at radius 1 is 1.33 bits per heavy atom.